The van der Waals surface area contributed by atoms with Crippen molar-refractivity contribution in [3.8, 4) is 0 Å². The summed E-state index contributed by atoms with van der Waals surface area (Å²) in [5.41, 5.74) is 0.202. The average Bonchev–Trinajstić information content (AvgIpc) is 3.25. The number of nitrogens with zero attached hydrogens (tertiary/aromatic N) is 3. The maximum Gasteiger partial charge on any atom is 0.289 e. The molecule has 1 aliphatic rings. The van der Waals surface area contributed by atoms with Gasteiger partial charge in [0, 0.05) is 30.4 Å². The van der Waals surface area contributed by atoms with Crippen LogP contribution in [0.5, 0.6) is 0 Å². The van der Waals surface area contributed by atoms with E-state index in [0.29, 0.717) is 12.8 Å². The van der Waals surface area contributed by atoms with Gasteiger partial charge in [0.2, 0.25) is 15.9 Å². The Morgan fingerprint density at radius 3 is 2.78 bits per heavy atom. The second-order valence-corrected chi connectivity index (χ2v) is 10.7. The lowest BCUT2D eigenvalue weighted by Crippen LogP contribution is -2.43. The number of halogens is 2. The first-order chi connectivity index (χ1) is 17.6. The Morgan fingerprint density at radius 1 is 1.30 bits per heavy atom. The van der Waals surface area contributed by atoms with E-state index in [0.717, 1.165) is 6.07 Å². The molecule has 1 aliphatic heterocycles. The average molecular weight is 549 g/mol. The van der Waals surface area contributed by atoms with Crippen LogP contribution in [0, 0.1) is 28.8 Å². The summed E-state index contributed by atoms with van der Waals surface area (Å²) >= 11 is 5.82. The molecule has 194 valence electrons. The van der Waals surface area contributed by atoms with E-state index in [4.69, 9.17) is 16.1 Å². The normalized spacial score (nSPS) is 16.7. The molecule has 0 saturated carbocycles. The summed E-state index contributed by atoms with van der Waals surface area (Å²) in [6, 6.07) is 9.88. The SMILES string of the molecule is Cc1noc(C=Cc2ccccc2F)c1S(=O)(=O)N1CCCC(C(=O)Nc2ccc(Cl)c([N+](=O)[O-])c2)C1. The number of carbonyl (C=O) groups excluding carboxylic acids is 1. The van der Waals surface area contributed by atoms with Crippen LogP contribution in [-0.2, 0) is 14.8 Å². The zero-order chi connectivity index (χ0) is 26.7. The number of nitro groups is 1. The third kappa shape index (κ3) is 5.71. The zero-order valence-electron chi connectivity index (χ0n) is 19.6. The highest BCUT2D eigenvalue weighted by atomic mass is 35.5. The first-order valence-corrected chi connectivity index (χ1v) is 13.0. The monoisotopic (exact) mass is 548 g/mol. The molecule has 1 atom stereocenters. The van der Waals surface area contributed by atoms with Gasteiger partial charge >= 0.3 is 0 Å². The Morgan fingerprint density at radius 2 is 2.05 bits per heavy atom. The number of nitrogens with one attached hydrogen (secondary N) is 1. The third-order valence-electron chi connectivity index (χ3n) is 5.92. The quantitative estimate of drug-likeness (QED) is 0.328. The van der Waals surface area contributed by atoms with Crippen molar-refractivity contribution in [2.24, 2.45) is 5.92 Å². The number of amides is 1. The minimum atomic E-state index is -4.11. The van der Waals surface area contributed by atoms with E-state index in [-0.39, 0.29) is 51.4 Å². The van der Waals surface area contributed by atoms with Gasteiger partial charge in [-0.1, -0.05) is 35.0 Å². The van der Waals surface area contributed by atoms with Crippen LogP contribution in [-0.4, -0.2) is 41.8 Å². The summed E-state index contributed by atoms with van der Waals surface area (Å²) in [5.74, 6) is -1.70. The van der Waals surface area contributed by atoms with Gasteiger partial charge in [-0.05, 0) is 50.1 Å². The molecule has 2 heterocycles. The Hall–Kier alpha value is -3.61. The van der Waals surface area contributed by atoms with Crippen LogP contribution >= 0.6 is 11.6 Å². The number of aryl methyl sites for hydroxylation is 1. The van der Waals surface area contributed by atoms with Crippen LogP contribution in [0.15, 0.2) is 51.9 Å². The number of sulfonamides is 1. The fourth-order valence-corrected chi connectivity index (χ4v) is 6.01. The molecular weight excluding hydrogens is 527 g/mol. The summed E-state index contributed by atoms with van der Waals surface area (Å²) in [7, 11) is -4.11. The molecule has 10 nitrogen and oxygen atoms in total. The number of carbonyl (C=O) groups is 1. The zero-order valence-corrected chi connectivity index (χ0v) is 21.1. The molecular formula is C24H22ClFN4O6S. The number of aromatic nitrogens is 1. The highest BCUT2D eigenvalue weighted by Crippen LogP contribution is 2.31. The predicted octanol–water partition coefficient (Wildman–Crippen LogP) is 4.89. The van der Waals surface area contributed by atoms with Gasteiger partial charge < -0.3 is 9.84 Å². The minimum absolute atomic E-state index is 0.0548. The van der Waals surface area contributed by atoms with E-state index in [1.54, 1.807) is 6.07 Å². The molecule has 1 unspecified atom stereocenters. The van der Waals surface area contributed by atoms with Gasteiger partial charge in [-0.25, -0.2) is 12.8 Å². The van der Waals surface area contributed by atoms with E-state index >= 15 is 0 Å². The van der Waals surface area contributed by atoms with Crippen molar-refractivity contribution >= 4 is 51.1 Å². The lowest BCUT2D eigenvalue weighted by Gasteiger charge is -2.31. The molecule has 0 spiro atoms. The lowest BCUT2D eigenvalue weighted by molar-refractivity contribution is -0.384. The lowest BCUT2D eigenvalue weighted by atomic mass is 9.98. The molecule has 1 fully saturated rings. The fourth-order valence-electron chi connectivity index (χ4n) is 4.05. The van der Waals surface area contributed by atoms with Crippen LogP contribution in [0.3, 0.4) is 0 Å². The number of hydrogen-bond acceptors (Lipinski definition) is 7. The van der Waals surface area contributed by atoms with Gasteiger partial charge in [0.05, 0.1) is 10.8 Å². The standard InChI is InChI=1S/C24H22ClFN4O6S/c1-15-23(22(36-28-15)11-8-16-5-2-3-7-20(16)26)37(34,35)29-12-4-6-17(14-29)24(31)27-18-9-10-19(25)21(13-18)30(32)33/h2-3,5,7-11,13,17H,4,6,12,14H2,1H3,(H,27,31). The number of piperidine rings is 1. The summed E-state index contributed by atoms with van der Waals surface area (Å²) in [5, 5.41) is 17.4. The van der Waals surface area contributed by atoms with Gasteiger partial charge in [-0.2, -0.15) is 4.31 Å². The molecule has 1 N–H and O–H groups in total. The van der Waals surface area contributed by atoms with E-state index < -0.39 is 32.6 Å². The Bertz CT molecular complexity index is 1490. The first kappa shape index (κ1) is 26.5. The first-order valence-electron chi connectivity index (χ1n) is 11.2. The van der Waals surface area contributed by atoms with E-state index in [1.807, 2.05) is 0 Å². The van der Waals surface area contributed by atoms with Gasteiger partial charge in [-0.3, -0.25) is 14.9 Å². The second kappa shape index (κ2) is 10.8. The van der Waals surface area contributed by atoms with Crippen molar-refractivity contribution < 1.29 is 27.0 Å². The molecule has 4 rings (SSSR count). The number of hydrogen-bond donors (Lipinski definition) is 1. The van der Waals surface area contributed by atoms with Crippen LogP contribution in [0.4, 0.5) is 15.8 Å². The Balaban J connectivity index is 1.53. The Kier molecular flexibility index (Phi) is 7.71. The molecule has 1 saturated heterocycles. The summed E-state index contributed by atoms with van der Waals surface area (Å²) in [6.45, 7) is 1.56. The molecule has 13 heteroatoms. The van der Waals surface area contributed by atoms with Gasteiger partial charge in [0.15, 0.2) is 10.7 Å². The van der Waals surface area contributed by atoms with Crippen LogP contribution in [0.25, 0.3) is 12.2 Å². The topological polar surface area (TPSA) is 136 Å². The molecule has 1 aromatic heterocycles. The highest BCUT2D eigenvalue weighted by molar-refractivity contribution is 7.89. The number of nitro benzene ring substituents is 1. The number of rotatable bonds is 7. The highest BCUT2D eigenvalue weighted by Gasteiger charge is 2.37. The molecule has 0 aliphatic carbocycles. The summed E-state index contributed by atoms with van der Waals surface area (Å²) < 4.78 is 47.5. The number of benzene rings is 2. The fraction of sp³-hybridized carbons (Fsp3) is 0.250. The van der Waals surface area contributed by atoms with E-state index in [2.05, 4.69) is 10.5 Å². The van der Waals surface area contributed by atoms with Gasteiger partial charge in [-0.15, -0.1) is 0 Å². The third-order valence-corrected chi connectivity index (χ3v) is 8.26. The predicted molar refractivity (Wildman–Crippen MR) is 135 cm³/mol. The smallest absolute Gasteiger partial charge is 0.289 e. The van der Waals surface area contributed by atoms with Crippen LogP contribution in [0.1, 0.15) is 29.9 Å². The van der Waals surface area contributed by atoms with Crippen molar-refractivity contribution in [1.29, 1.82) is 0 Å². The molecule has 37 heavy (non-hydrogen) atoms. The van der Waals surface area contributed by atoms with E-state index in [1.165, 1.54) is 53.7 Å². The van der Waals surface area contributed by atoms with E-state index in [9.17, 15) is 27.7 Å². The van der Waals surface area contributed by atoms with Gasteiger partial charge in [0.1, 0.15) is 16.5 Å². The maximum atomic E-state index is 14.0. The molecule has 3 aromatic rings. The van der Waals surface area contributed by atoms with Crippen molar-refractivity contribution in [2.75, 3.05) is 18.4 Å². The maximum absolute atomic E-state index is 14.0. The van der Waals surface area contributed by atoms with Crippen LogP contribution < -0.4 is 5.32 Å². The van der Waals surface area contributed by atoms with Crippen molar-refractivity contribution in [3.63, 3.8) is 0 Å². The molecule has 2 aromatic carbocycles. The van der Waals surface area contributed by atoms with Crippen molar-refractivity contribution in [3.05, 3.63) is 80.4 Å². The van der Waals surface area contributed by atoms with Crippen molar-refractivity contribution in [2.45, 2.75) is 24.7 Å². The van der Waals surface area contributed by atoms with Crippen molar-refractivity contribution in [1.82, 2.24) is 9.46 Å². The van der Waals surface area contributed by atoms with Crippen LogP contribution in [0.2, 0.25) is 5.02 Å². The minimum Gasteiger partial charge on any atom is -0.355 e. The largest absolute Gasteiger partial charge is 0.355 e. The summed E-state index contributed by atoms with van der Waals surface area (Å²) in [6.07, 6.45) is 3.58. The molecule has 0 radical (unpaired) electrons. The Labute approximate surface area is 216 Å². The summed E-state index contributed by atoms with van der Waals surface area (Å²) in [4.78, 5) is 23.2. The number of anilines is 1. The second-order valence-electron chi connectivity index (χ2n) is 8.43. The molecule has 1 amide bonds. The van der Waals surface area contributed by atoms with Gasteiger partial charge in [0.25, 0.3) is 5.69 Å². The molecule has 0 bridgehead atoms.